The summed E-state index contributed by atoms with van der Waals surface area (Å²) in [7, 11) is 2.11. The van der Waals surface area contributed by atoms with Gasteiger partial charge >= 0.3 is 0 Å². The van der Waals surface area contributed by atoms with E-state index < -0.39 is 0 Å². The van der Waals surface area contributed by atoms with Crippen LogP contribution in [0, 0.1) is 5.41 Å². The summed E-state index contributed by atoms with van der Waals surface area (Å²) in [4.78, 5) is 4.38. The highest BCUT2D eigenvalue weighted by Gasteiger charge is 2.25. The Bertz CT molecular complexity index is 221. The van der Waals surface area contributed by atoms with Crippen LogP contribution in [0.25, 0.3) is 0 Å². The maximum absolute atomic E-state index is 8.05. The van der Waals surface area contributed by atoms with E-state index in [0.717, 1.165) is 26.2 Å². The van der Waals surface area contributed by atoms with E-state index >= 15 is 0 Å². The van der Waals surface area contributed by atoms with Crippen molar-refractivity contribution in [1.82, 2.24) is 9.80 Å². The van der Waals surface area contributed by atoms with Gasteiger partial charge in [-0.3, -0.25) is 5.41 Å². The van der Waals surface area contributed by atoms with E-state index in [4.69, 9.17) is 14.9 Å². The Morgan fingerprint density at radius 3 is 2.53 bits per heavy atom. The van der Waals surface area contributed by atoms with Crippen molar-refractivity contribution in [3.63, 3.8) is 0 Å². The fraction of sp³-hybridized carbons (Fsp3) is 0.900. The number of likely N-dealkylation sites (N-methyl/N-ethyl adjacent to an activating group) is 1. The summed E-state index contributed by atoms with van der Waals surface area (Å²) in [6, 6.07) is 0. The van der Waals surface area contributed by atoms with Gasteiger partial charge in [-0.05, 0) is 7.05 Å². The second-order valence-corrected chi connectivity index (χ2v) is 4.11. The summed E-state index contributed by atoms with van der Waals surface area (Å²) in [6.07, 6.45) is -0.151. The van der Waals surface area contributed by atoms with Crippen LogP contribution < -0.4 is 0 Å². The van der Waals surface area contributed by atoms with E-state index in [1.807, 2.05) is 0 Å². The SMILES string of the molecule is CN1CCN(C(=N)C2COCCO2)CC1. The average molecular weight is 213 g/mol. The fourth-order valence-electron chi connectivity index (χ4n) is 1.90. The van der Waals surface area contributed by atoms with Gasteiger partial charge in [0.1, 0.15) is 11.9 Å². The number of piperazine rings is 1. The van der Waals surface area contributed by atoms with Crippen LogP contribution in [0.15, 0.2) is 0 Å². The smallest absolute Gasteiger partial charge is 0.138 e. The number of hydrogen-bond donors (Lipinski definition) is 1. The van der Waals surface area contributed by atoms with E-state index in [0.29, 0.717) is 25.7 Å². The van der Waals surface area contributed by atoms with Crippen molar-refractivity contribution >= 4 is 5.84 Å². The molecule has 0 aromatic heterocycles. The molecular formula is C10H19N3O2. The molecule has 2 saturated heterocycles. The third-order valence-electron chi connectivity index (χ3n) is 2.96. The Labute approximate surface area is 90.4 Å². The van der Waals surface area contributed by atoms with E-state index in [9.17, 15) is 0 Å². The Hall–Kier alpha value is -0.650. The van der Waals surface area contributed by atoms with Crippen LogP contribution >= 0.6 is 0 Å². The van der Waals surface area contributed by atoms with Crippen LogP contribution in [-0.4, -0.2) is 74.8 Å². The zero-order valence-electron chi connectivity index (χ0n) is 9.24. The first-order valence-electron chi connectivity index (χ1n) is 5.48. The van der Waals surface area contributed by atoms with Crippen molar-refractivity contribution in [2.75, 3.05) is 53.0 Å². The highest BCUT2D eigenvalue weighted by atomic mass is 16.6. The van der Waals surface area contributed by atoms with Crippen molar-refractivity contribution in [2.24, 2.45) is 0 Å². The lowest BCUT2D eigenvalue weighted by molar-refractivity contribution is -0.0642. The monoisotopic (exact) mass is 213 g/mol. The lowest BCUT2D eigenvalue weighted by atomic mass is 10.2. The molecule has 2 heterocycles. The summed E-state index contributed by atoms with van der Waals surface area (Å²) in [6.45, 7) is 5.70. The van der Waals surface area contributed by atoms with Crippen molar-refractivity contribution in [1.29, 1.82) is 5.41 Å². The topological polar surface area (TPSA) is 48.8 Å². The molecule has 0 amide bonds. The largest absolute Gasteiger partial charge is 0.376 e. The predicted molar refractivity (Wildman–Crippen MR) is 57.4 cm³/mol. The molecule has 5 heteroatoms. The Morgan fingerprint density at radius 1 is 1.20 bits per heavy atom. The second kappa shape index (κ2) is 4.92. The molecule has 2 rings (SSSR count). The van der Waals surface area contributed by atoms with Crippen molar-refractivity contribution in [2.45, 2.75) is 6.10 Å². The Morgan fingerprint density at radius 2 is 1.93 bits per heavy atom. The van der Waals surface area contributed by atoms with Crippen LogP contribution in [0.3, 0.4) is 0 Å². The van der Waals surface area contributed by atoms with Gasteiger partial charge in [0, 0.05) is 26.2 Å². The summed E-state index contributed by atoms with van der Waals surface area (Å²) in [5.41, 5.74) is 0. The van der Waals surface area contributed by atoms with Crippen molar-refractivity contribution < 1.29 is 9.47 Å². The maximum Gasteiger partial charge on any atom is 0.138 e. The van der Waals surface area contributed by atoms with E-state index in [1.165, 1.54) is 0 Å². The first-order valence-corrected chi connectivity index (χ1v) is 5.48. The molecule has 2 aliphatic rings. The molecule has 0 bridgehead atoms. The molecule has 1 unspecified atom stereocenters. The molecule has 0 radical (unpaired) electrons. The summed E-state index contributed by atoms with van der Waals surface area (Å²) >= 11 is 0. The third-order valence-corrected chi connectivity index (χ3v) is 2.96. The van der Waals surface area contributed by atoms with Gasteiger partial charge in [-0.1, -0.05) is 0 Å². The minimum Gasteiger partial charge on any atom is -0.376 e. The molecule has 1 N–H and O–H groups in total. The lowest BCUT2D eigenvalue weighted by Gasteiger charge is -2.37. The summed E-state index contributed by atoms with van der Waals surface area (Å²) in [5.74, 6) is 0.586. The van der Waals surface area contributed by atoms with Gasteiger partial charge in [0.05, 0.1) is 19.8 Å². The molecule has 1 atom stereocenters. The van der Waals surface area contributed by atoms with Crippen LogP contribution in [0.1, 0.15) is 0 Å². The number of amidine groups is 1. The summed E-state index contributed by atoms with van der Waals surface area (Å²) < 4.78 is 10.8. The number of hydrogen-bond acceptors (Lipinski definition) is 4. The molecule has 5 nitrogen and oxygen atoms in total. The van der Waals surface area contributed by atoms with E-state index in [2.05, 4.69) is 16.8 Å². The molecule has 0 aromatic rings. The van der Waals surface area contributed by atoms with E-state index in [-0.39, 0.29) is 6.10 Å². The van der Waals surface area contributed by atoms with Gasteiger partial charge in [-0.15, -0.1) is 0 Å². The maximum atomic E-state index is 8.05. The molecular weight excluding hydrogens is 194 g/mol. The first-order chi connectivity index (χ1) is 7.27. The Balaban J connectivity index is 1.84. The highest BCUT2D eigenvalue weighted by Crippen LogP contribution is 2.08. The molecule has 2 aliphatic heterocycles. The van der Waals surface area contributed by atoms with Gasteiger partial charge in [-0.2, -0.15) is 0 Å². The molecule has 0 aromatic carbocycles. The van der Waals surface area contributed by atoms with E-state index in [1.54, 1.807) is 0 Å². The minimum absolute atomic E-state index is 0.151. The number of ether oxygens (including phenoxy) is 2. The van der Waals surface area contributed by atoms with Crippen molar-refractivity contribution in [3.05, 3.63) is 0 Å². The van der Waals surface area contributed by atoms with Crippen molar-refractivity contribution in [3.8, 4) is 0 Å². The van der Waals surface area contributed by atoms with Crippen LogP contribution in [-0.2, 0) is 9.47 Å². The zero-order valence-corrected chi connectivity index (χ0v) is 9.24. The second-order valence-electron chi connectivity index (χ2n) is 4.11. The summed E-state index contributed by atoms with van der Waals surface area (Å²) in [5, 5.41) is 8.05. The van der Waals surface area contributed by atoms with Gasteiger partial charge in [-0.25, -0.2) is 0 Å². The minimum atomic E-state index is -0.151. The molecule has 0 saturated carbocycles. The molecule has 2 fully saturated rings. The standard InChI is InChI=1S/C10H19N3O2/c1-12-2-4-13(5-3-12)10(11)9-8-14-6-7-15-9/h9,11H,2-8H2,1H3. The van der Waals surface area contributed by atoms with Crippen LogP contribution in [0.2, 0.25) is 0 Å². The lowest BCUT2D eigenvalue weighted by Crippen LogP contribution is -2.52. The molecule has 15 heavy (non-hydrogen) atoms. The average Bonchev–Trinajstić information content (AvgIpc) is 2.30. The molecule has 0 spiro atoms. The zero-order chi connectivity index (χ0) is 10.7. The quantitative estimate of drug-likeness (QED) is 0.477. The Kier molecular flexibility index (Phi) is 3.56. The molecule has 0 aliphatic carbocycles. The first kappa shape index (κ1) is 10.9. The highest BCUT2D eigenvalue weighted by molar-refractivity contribution is 5.84. The fourth-order valence-corrected chi connectivity index (χ4v) is 1.90. The predicted octanol–water partition coefficient (Wildman–Crippen LogP) is -0.374. The third kappa shape index (κ3) is 2.68. The van der Waals surface area contributed by atoms with Gasteiger partial charge in [0.2, 0.25) is 0 Å². The number of nitrogens with one attached hydrogen (secondary N) is 1. The normalized spacial score (nSPS) is 29.1. The van der Waals surface area contributed by atoms with Gasteiger partial charge < -0.3 is 19.3 Å². The number of nitrogens with zero attached hydrogens (tertiary/aromatic N) is 2. The van der Waals surface area contributed by atoms with Gasteiger partial charge in [0.25, 0.3) is 0 Å². The van der Waals surface area contributed by atoms with Crippen LogP contribution in [0.5, 0.6) is 0 Å². The van der Waals surface area contributed by atoms with Gasteiger partial charge in [0.15, 0.2) is 0 Å². The van der Waals surface area contributed by atoms with Crippen LogP contribution in [0.4, 0.5) is 0 Å². The number of rotatable bonds is 1. The molecule has 86 valence electrons.